The zero-order valence-electron chi connectivity index (χ0n) is 40.6. The second kappa shape index (κ2) is 22.7. The molecule has 75 heavy (non-hydrogen) atoms. The van der Waals surface area contributed by atoms with Crippen molar-refractivity contribution in [2.75, 3.05) is 0 Å². The minimum absolute atomic E-state index is 0.00379. The lowest BCUT2D eigenvalue weighted by atomic mass is 9.78. The molecule has 4 fully saturated rings. The van der Waals surface area contributed by atoms with Crippen LogP contribution in [0.15, 0.2) is 112 Å². The number of nitrogens with zero attached hydrogens (tertiary/aromatic N) is 5. The third kappa shape index (κ3) is 11.4. The first kappa shape index (κ1) is 52.4. The molecule has 0 aliphatic heterocycles. The highest BCUT2D eigenvalue weighted by Gasteiger charge is 2.39. The van der Waals surface area contributed by atoms with Gasteiger partial charge in [0, 0.05) is 57.3 Å². The van der Waals surface area contributed by atoms with Crippen molar-refractivity contribution in [2.24, 2.45) is 0 Å². The Morgan fingerprint density at radius 3 is 1.52 bits per heavy atom. The topological polar surface area (TPSA) is 175 Å². The Morgan fingerprint density at radius 1 is 0.600 bits per heavy atom. The molecule has 4 aromatic heterocycles. The highest BCUT2D eigenvalue weighted by atomic mass is 35.5. The number of fused-ring (bicyclic) bond motifs is 2. The van der Waals surface area contributed by atoms with Crippen molar-refractivity contribution in [3.8, 4) is 22.5 Å². The number of pyridine rings is 2. The molecule has 4 saturated carbocycles. The predicted octanol–water partition coefficient (Wildman–Crippen LogP) is 14.8. The van der Waals surface area contributed by atoms with E-state index in [-0.39, 0.29) is 18.4 Å². The number of benzene rings is 4. The van der Waals surface area contributed by atoms with E-state index in [9.17, 15) is 10.2 Å². The first-order chi connectivity index (χ1) is 36.4. The predicted molar refractivity (Wildman–Crippen MR) is 285 cm³/mol. The molecule has 4 heterocycles. The third-order valence-corrected chi connectivity index (χ3v) is 16.2. The average Bonchev–Trinajstić information content (AvgIpc) is 4.37. The molecule has 12 rings (SSSR count). The highest BCUT2D eigenvalue weighted by Crippen LogP contribution is 2.49. The molecule has 0 atom stereocenters. The van der Waals surface area contributed by atoms with E-state index < -0.39 is 11.2 Å². The van der Waals surface area contributed by atoms with Crippen LogP contribution in [0.1, 0.15) is 123 Å². The quantitative estimate of drug-likeness (QED) is 0.111. The number of hydrogen-bond donors (Lipinski definition) is 2. The zero-order valence-corrected chi connectivity index (χ0v) is 43.6. The highest BCUT2D eigenvalue weighted by molar-refractivity contribution is 6.39. The van der Waals surface area contributed by atoms with Crippen molar-refractivity contribution in [1.29, 1.82) is 0 Å². The Hall–Kier alpha value is -6.01. The van der Waals surface area contributed by atoms with E-state index in [1.54, 1.807) is 30.6 Å². The van der Waals surface area contributed by atoms with Gasteiger partial charge in [-0.3, -0.25) is 9.97 Å². The van der Waals surface area contributed by atoms with Crippen molar-refractivity contribution in [2.45, 2.75) is 126 Å². The largest absolute Gasteiger partial charge is 0.385 e. The second-order valence-corrected chi connectivity index (χ2v) is 21.4. The van der Waals surface area contributed by atoms with Gasteiger partial charge in [0.25, 0.3) is 0 Å². The lowest BCUT2D eigenvalue weighted by Crippen LogP contribution is -2.34. The van der Waals surface area contributed by atoms with Gasteiger partial charge < -0.3 is 28.7 Å². The number of aromatic nitrogens is 4. The Kier molecular flexibility index (Phi) is 15.9. The fourth-order valence-electron chi connectivity index (χ4n) is 10.4. The van der Waals surface area contributed by atoms with Gasteiger partial charge in [-0.15, -0.1) is 0 Å². The summed E-state index contributed by atoms with van der Waals surface area (Å²) in [7, 11) is 0. The van der Waals surface area contributed by atoms with Crippen LogP contribution >= 0.6 is 46.4 Å². The SMILES string of the molecule is O=C=O.OC1(c2ccc3cccnc3c2)CCC(OCc2c(-c3c(Cl)cccc3Cl)noc2C2CC2)CC1.[C-]#[N+]c1ccnc2cc(C3(O)CCC(OCc4c(-c5c(Cl)cccc5Cl)noc4C4CC4)CC3)ccc12. The van der Waals surface area contributed by atoms with Gasteiger partial charge >= 0.3 is 6.15 Å². The van der Waals surface area contributed by atoms with Crippen LogP contribution in [0.5, 0.6) is 0 Å². The molecule has 0 bridgehead atoms. The molecule has 4 aliphatic rings. The van der Waals surface area contributed by atoms with E-state index in [2.05, 4.69) is 25.1 Å². The van der Waals surface area contributed by atoms with Crippen molar-refractivity contribution in [3.05, 3.63) is 169 Å². The van der Waals surface area contributed by atoms with E-state index in [4.69, 9.17) is 81.1 Å². The molecular weight excluding hydrogens is 1040 g/mol. The Balaban J connectivity index is 0.000000163. The van der Waals surface area contributed by atoms with Gasteiger partial charge in [-0.25, -0.2) is 4.85 Å². The van der Waals surface area contributed by atoms with Gasteiger partial charge in [0.05, 0.1) is 74.3 Å². The maximum atomic E-state index is 11.5. The van der Waals surface area contributed by atoms with Crippen molar-refractivity contribution < 1.29 is 38.3 Å². The first-order valence-electron chi connectivity index (χ1n) is 25.0. The van der Waals surface area contributed by atoms with Crippen molar-refractivity contribution >= 4 is 80.0 Å². The van der Waals surface area contributed by atoms with Gasteiger partial charge in [0.2, 0.25) is 0 Å². The van der Waals surface area contributed by atoms with E-state index >= 15 is 0 Å². The summed E-state index contributed by atoms with van der Waals surface area (Å²) < 4.78 is 24.3. The van der Waals surface area contributed by atoms with Gasteiger partial charge in [-0.1, -0.05) is 99.2 Å². The molecule has 0 radical (unpaired) electrons. The lowest BCUT2D eigenvalue weighted by molar-refractivity contribution is -0.191. The van der Waals surface area contributed by atoms with Crippen LogP contribution in [0.25, 0.3) is 49.2 Å². The maximum Gasteiger partial charge on any atom is 0.373 e. The summed E-state index contributed by atoms with van der Waals surface area (Å²) in [6, 6.07) is 28.3. The Labute approximate surface area is 452 Å². The van der Waals surface area contributed by atoms with E-state index in [0.29, 0.717) is 99.0 Å². The third-order valence-electron chi connectivity index (χ3n) is 14.9. The molecule has 2 N–H and O–H groups in total. The van der Waals surface area contributed by atoms with E-state index in [1.807, 2.05) is 72.8 Å². The summed E-state index contributed by atoms with van der Waals surface area (Å²) in [5, 5.41) is 35.6. The van der Waals surface area contributed by atoms with Gasteiger partial charge in [0.1, 0.15) is 22.9 Å². The van der Waals surface area contributed by atoms with Crippen LogP contribution < -0.4 is 0 Å². The van der Waals surface area contributed by atoms with Crippen molar-refractivity contribution in [3.63, 3.8) is 0 Å². The number of hydrogen-bond acceptors (Lipinski definition) is 12. The van der Waals surface area contributed by atoms with Gasteiger partial charge in [-0.05, 0) is 137 Å². The second-order valence-electron chi connectivity index (χ2n) is 19.7. The van der Waals surface area contributed by atoms with Crippen LogP contribution in [0.3, 0.4) is 0 Å². The molecule has 4 aromatic carbocycles. The summed E-state index contributed by atoms with van der Waals surface area (Å²) in [5.41, 5.74) is 6.66. The van der Waals surface area contributed by atoms with Gasteiger partial charge in [0.15, 0.2) is 5.69 Å². The molecule has 0 unspecified atom stereocenters. The molecule has 13 nitrogen and oxygen atoms in total. The number of ether oxygens (including phenoxy) is 2. The van der Waals surface area contributed by atoms with E-state index in [0.717, 1.165) is 107 Å². The van der Waals surface area contributed by atoms with Crippen LogP contribution in [0.4, 0.5) is 5.69 Å². The van der Waals surface area contributed by atoms with Crippen LogP contribution in [-0.2, 0) is 43.5 Å². The molecule has 4 aliphatic carbocycles. The van der Waals surface area contributed by atoms with Crippen LogP contribution in [0.2, 0.25) is 20.1 Å². The van der Waals surface area contributed by atoms with Gasteiger partial charge in [-0.2, -0.15) is 9.59 Å². The monoisotopic (exact) mass is 1090 g/mol. The first-order valence-corrected chi connectivity index (χ1v) is 26.6. The summed E-state index contributed by atoms with van der Waals surface area (Å²) in [6.45, 7) is 8.10. The summed E-state index contributed by atoms with van der Waals surface area (Å²) in [5.74, 6) is 2.49. The van der Waals surface area contributed by atoms with Crippen molar-refractivity contribution in [1.82, 2.24) is 20.3 Å². The maximum absolute atomic E-state index is 11.5. The Bertz CT molecular complexity index is 3400. The lowest BCUT2D eigenvalue weighted by Gasteiger charge is -2.36. The summed E-state index contributed by atoms with van der Waals surface area (Å²) >= 11 is 25.9. The fraction of sp³-hybridized carbons (Fsp3) is 0.345. The molecule has 0 amide bonds. The number of aliphatic hydroxyl groups is 2. The molecule has 0 spiro atoms. The molecule has 17 heteroatoms. The number of halogens is 4. The molecule has 384 valence electrons. The average molecular weight is 1090 g/mol. The van der Waals surface area contributed by atoms with E-state index in [1.165, 1.54) is 0 Å². The Morgan fingerprint density at radius 2 is 1.05 bits per heavy atom. The smallest absolute Gasteiger partial charge is 0.373 e. The minimum Gasteiger partial charge on any atom is -0.385 e. The van der Waals surface area contributed by atoms with Crippen LogP contribution in [0, 0.1) is 6.57 Å². The molecular formula is C58H51Cl4N5O8. The normalized spacial score (nSPS) is 21.3. The standard InChI is InChI=1S/C29H25Cl2N3O3.C28H26Cl2N2O3.CO2/c1-32-24-11-14-33-25-15-18(7-8-20(24)25)29(35)12-9-19(10-13-29)36-16-21-27(34-37-28(21)17-5-6-17)26-22(30)3-2-4-23(26)31;29-22-4-1-5-23(30)25(22)26-21(27(35-32-26)18-6-7-18)16-34-20-10-12-28(33,13-11-20)19-9-8-17-3-2-14-31-24(17)15-19;2-1-3/h2-4,7-8,11,14-15,17,19,35H,5-6,9-10,12-13,16H2;1-5,8-9,14-15,18,20,33H,6-7,10-13,16H2;. The number of carbonyl (C=O) groups excluding carboxylic acids is 2. The summed E-state index contributed by atoms with van der Waals surface area (Å²) in [6.07, 6.45) is 13.5. The number of rotatable bonds is 12. The fourth-order valence-corrected chi connectivity index (χ4v) is 11.6. The molecule has 0 saturated heterocycles. The van der Waals surface area contributed by atoms with Crippen LogP contribution in [-0.4, -0.2) is 48.9 Å². The summed E-state index contributed by atoms with van der Waals surface area (Å²) in [4.78, 5) is 28.7. The zero-order chi connectivity index (χ0) is 52.3. The molecule has 8 aromatic rings. The minimum atomic E-state index is -0.948.